The van der Waals surface area contributed by atoms with Crippen molar-refractivity contribution in [1.29, 1.82) is 5.26 Å². The SMILES string of the molecule is N#Cc1ccc(-c2ccc(/C=N/NC(=O)CSc3nc4ccccc4s3)o2)cc1. The molecule has 0 saturated carbocycles. The lowest BCUT2D eigenvalue weighted by atomic mass is 10.1. The fourth-order valence-corrected chi connectivity index (χ4v) is 4.39. The molecule has 0 aliphatic rings. The maximum absolute atomic E-state index is 12.0. The summed E-state index contributed by atoms with van der Waals surface area (Å²) in [6, 6.07) is 20.6. The van der Waals surface area contributed by atoms with Crippen molar-refractivity contribution in [3.05, 3.63) is 72.0 Å². The summed E-state index contributed by atoms with van der Waals surface area (Å²) in [4.78, 5) is 16.5. The fraction of sp³-hybridized carbons (Fsp3) is 0.0476. The maximum atomic E-state index is 12.0. The number of furan rings is 1. The van der Waals surface area contributed by atoms with Gasteiger partial charge in [-0.1, -0.05) is 23.9 Å². The van der Waals surface area contributed by atoms with E-state index >= 15 is 0 Å². The number of nitrogens with one attached hydrogen (secondary N) is 1. The Balaban J connectivity index is 1.29. The van der Waals surface area contributed by atoms with E-state index < -0.39 is 0 Å². The molecule has 6 nitrogen and oxygen atoms in total. The van der Waals surface area contributed by atoms with E-state index in [0.717, 1.165) is 20.1 Å². The van der Waals surface area contributed by atoms with E-state index in [9.17, 15) is 4.79 Å². The maximum Gasteiger partial charge on any atom is 0.250 e. The summed E-state index contributed by atoms with van der Waals surface area (Å²) in [6.45, 7) is 0. The summed E-state index contributed by atoms with van der Waals surface area (Å²) in [5.41, 5.74) is 4.88. The number of para-hydroxylation sites is 1. The third-order valence-electron chi connectivity index (χ3n) is 3.91. The molecule has 0 aliphatic heterocycles. The second kappa shape index (κ2) is 8.73. The average molecular weight is 419 g/mol. The number of aromatic nitrogens is 1. The first-order chi connectivity index (χ1) is 14.2. The summed E-state index contributed by atoms with van der Waals surface area (Å²) >= 11 is 2.94. The van der Waals surface area contributed by atoms with Crippen LogP contribution in [0.5, 0.6) is 0 Å². The largest absolute Gasteiger partial charge is 0.455 e. The second-order valence-corrected chi connectivity index (χ2v) is 8.17. The molecule has 0 spiro atoms. The second-order valence-electron chi connectivity index (χ2n) is 5.92. The van der Waals surface area contributed by atoms with Crippen LogP contribution < -0.4 is 5.43 Å². The summed E-state index contributed by atoms with van der Waals surface area (Å²) in [5.74, 6) is 1.19. The van der Waals surface area contributed by atoms with Crippen molar-refractivity contribution < 1.29 is 9.21 Å². The van der Waals surface area contributed by atoms with Gasteiger partial charge in [0.1, 0.15) is 11.5 Å². The van der Waals surface area contributed by atoms with Gasteiger partial charge >= 0.3 is 0 Å². The van der Waals surface area contributed by atoms with Crippen molar-refractivity contribution in [3.8, 4) is 17.4 Å². The predicted octanol–water partition coefficient (Wildman–Crippen LogP) is 4.67. The smallest absolute Gasteiger partial charge is 0.250 e. The van der Waals surface area contributed by atoms with Crippen molar-refractivity contribution >= 4 is 45.4 Å². The van der Waals surface area contributed by atoms with Gasteiger partial charge in [0.15, 0.2) is 4.34 Å². The van der Waals surface area contributed by atoms with Crippen LogP contribution >= 0.6 is 23.1 Å². The van der Waals surface area contributed by atoms with Crippen LogP contribution in [0.25, 0.3) is 21.5 Å². The Hall–Kier alpha value is -3.41. The molecule has 0 radical (unpaired) electrons. The Morgan fingerprint density at radius 2 is 2.03 bits per heavy atom. The van der Waals surface area contributed by atoms with E-state index in [1.54, 1.807) is 29.5 Å². The van der Waals surface area contributed by atoms with Crippen LogP contribution in [0.3, 0.4) is 0 Å². The average Bonchev–Trinajstić information content (AvgIpc) is 3.39. The molecule has 4 rings (SSSR count). The molecular formula is C21H14N4O2S2. The number of nitrogens with zero attached hydrogens (tertiary/aromatic N) is 3. The number of rotatable bonds is 6. The molecule has 29 heavy (non-hydrogen) atoms. The quantitative estimate of drug-likeness (QED) is 0.279. The minimum atomic E-state index is -0.218. The molecule has 2 aromatic carbocycles. The van der Waals surface area contributed by atoms with Gasteiger partial charge in [0.25, 0.3) is 5.91 Å². The predicted molar refractivity (Wildman–Crippen MR) is 115 cm³/mol. The van der Waals surface area contributed by atoms with Crippen LogP contribution in [-0.2, 0) is 4.79 Å². The number of hydrogen-bond acceptors (Lipinski definition) is 7. The van der Waals surface area contributed by atoms with Gasteiger partial charge < -0.3 is 4.42 Å². The van der Waals surface area contributed by atoms with Gasteiger partial charge in [-0.25, -0.2) is 10.4 Å². The Morgan fingerprint density at radius 1 is 1.21 bits per heavy atom. The molecule has 142 valence electrons. The Morgan fingerprint density at radius 3 is 2.83 bits per heavy atom. The molecule has 8 heteroatoms. The van der Waals surface area contributed by atoms with E-state index in [0.29, 0.717) is 17.1 Å². The highest BCUT2D eigenvalue weighted by Gasteiger charge is 2.07. The minimum Gasteiger partial charge on any atom is -0.455 e. The van der Waals surface area contributed by atoms with Crippen molar-refractivity contribution in [1.82, 2.24) is 10.4 Å². The first-order valence-electron chi connectivity index (χ1n) is 8.62. The molecule has 4 aromatic rings. The zero-order valence-corrected chi connectivity index (χ0v) is 16.7. The molecular weight excluding hydrogens is 404 g/mol. The van der Waals surface area contributed by atoms with Gasteiger partial charge in [0, 0.05) is 5.56 Å². The molecule has 0 fully saturated rings. The van der Waals surface area contributed by atoms with Crippen LogP contribution in [-0.4, -0.2) is 22.9 Å². The topological polar surface area (TPSA) is 91.3 Å². The number of carbonyl (C=O) groups is 1. The third-order valence-corrected chi connectivity index (χ3v) is 6.09. The van der Waals surface area contributed by atoms with Crippen LogP contribution in [0.1, 0.15) is 11.3 Å². The van der Waals surface area contributed by atoms with Gasteiger partial charge in [-0.2, -0.15) is 10.4 Å². The first kappa shape index (κ1) is 18.9. The molecule has 1 N–H and O–H groups in total. The number of carbonyl (C=O) groups excluding carboxylic acids is 1. The highest BCUT2D eigenvalue weighted by Crippen LogP contribution is 2.29. The molecule has 2 aromatic heterocycles. The standard InChI is InChI=1S/C21H14N4O2S2/c22-11-14-5-7-15(8-6-14)18-10-9-16(27-18)12-23-25-20(26)13-28-21-24-17-3-1-2-4-19(17)29-21/h1-10,12H,13H2,(H,25,26)/b23-12+. The fourth-order valence-electron chi connectivity index (χ4n) is 2.53. The number of thiazole rings is 1. The van der Waals surface area contributed by atoms with Crippen molar-refractivity contribution in [2.45, 2.75) is 4.34 Å². The van der Waals surface area contributed by atoms with Crippen molar-refractivity contribution in [3.63, 3.8) is 0 Å². The lowest BCUT2D eigenvalue weighted by Crippen LogP contribution is -2.19. The van der Waals surface area contributed by atoms with Gasteiger partial charge in [-0.05, 0) is 48.5 Å². The highest BCUT2D eigenvalue weighted by molar-refractivity contribution is 8.01. The molecule has 2 heterocycles. The number of thioether (sulfide) groups is 1. The number of nitriles is 1. The van der Waals surface area contributed by atoms with Gasteiger partial charge in [0.2, 0.25) is 0 Å². The Kier molecular flexibility index (Phi) is 5.70. The summed E-state index contributed by atoms with van der Waals surface area (Å²) in [5, 5.41) is 12.8. The summed E-state index contributed by atoms with van der Waals surface area (Å²) in [7, 11) is 0. The van der Waals surface area contributed by atoms with Gasteiger partial charge in [-0.3, -0.25) is 4.79 Å². The van der Waals surface area contributed by atoms with E-state index in [1.165, 1.54) is 18.0 Å². The van der Waals surface area contributed by atoms with Crippen molar-refractivity contribution in [2.24, 2.45) is 5.10 Å². The van der Waals surface area contributed by atoms with E-state index in [4.69, 9.17) is 9.68 Å². The number of hydrogen-bond donors (Lipinski definition) is 1. The molecule has 0 saturated heterocycles. The molecule has 0 bridgehead atoms. The van der Waals surface area contributed by atoms with Crippen LogP contribution in [0.4, 0.5) is 0 Å². The zero-order valence-electron chi connectivity index (χ0n) is 15.0. The lowest BCUT2D eigenvalue weighted by Gasteiger charge is -1.97. The number of benzene rings is 2. The molecule has 0 atom stereocenters. The Bertz CT molecular complexity index is 1190. The third kappa shape index (κ3) is 4.71. The van der Waals surface area contributed by atoms with E-state index in [-0.39, 0.29) is 11.7 Å². The van der Waals surface area contributed by atoms with E-state index in [1.807, 2.05) is 42.5 Å². The summed E-state index contributed by atoms with van der Waals surface area (Å²) < 4.78 is 7.64. The van der Waals surface area contributed by atoms with Gasteiger partial charge in [-0.15, -0.1) is 11.3 Å². The van der Waals surface area contributed by atoms with Crippen LogP contribution in [0.15, 0.2) is 74.5 Å². The summed E-state index contributed by atoms with van der Waals surface area (Å²) in [6.07, 6.45) is 1.45. The Labute approximate surface area is 174 Å². The minimum absolute atomic E-state index is 0.218. The van der Waals surface area contributed by atoms with Crippen LogP contribution in [0.2, 0.25) is 0 Å². The number of hydrazone groups is 1. The number of amides is 1. The zero-order chi connectivity index (χ0) is 20.1. The molecule has 0 unspecified atom stereocenters. The first-order valence-corrected chi connectivity index (χ1v) is 10.4. The lowest BCUT2D eigenvalue weighted by molar-refractivity contribution is -0.118. The van der Waals surface area contributed by atoms with E-state index in [2.05, 4.69) is 21.6 Å². The highest BCUT2D eigenvalue weighted by atomic mass is 32.2. The molecule has 1 amide bonds. The normalized spacial score (nSPS) is 11.0. The number of fused-ring (bicyclic) bond motifs is 1. The van der Waals surface area contributed by atoms with Gasteiger partial charge in [0.05, 0.1) is 33.8 Å². The monoisotopic (exact) mass is 418 g/mol. The van der Waals surface area contributed by atoms with Crippen molar-refractivity contribution in [2.75, 3.05) is 5.75 Å². The molecule has 0 aliphatic carbocycles. The van der Waals surface area contributed by atoms with Crippen LogP contribution in [0, 0.1) is 11.3 Å².